The molecular weight excluding hydrogens is 256 g/mol. The number of hydrogen-bond acceptors (Lipinski definition) is 1. The van der Waals surface area contributed by atoms with Gasteiger partial charge in [0.2, 0.25) is 0 Å². The quantitative estimate of drug-likeness (QED) is 0.591. The molecule has 0 heterocycles. The van der Waals surface area contributed by atoms with Crippen LogP contribution in [-0.4, -0.2) is 10.7 Å². The van der Waals surface area contributed by atoms with Crippen molar-refractivity contribution in [2.75, 3.05) is 0 Å². The van der Waals surface area contributed by atoms with Crippen LogP contribution in [0.4, 0.5) is 0 Å². The normalized spacial score (nSPS) is 31.1. The molecule has 21 heavy (non-hydrogen) atoms. The van der Waals surface area contributed by atoms with E-state index in [1.54, 1.807) is 0 Å². The fourth-order valence-corrected chi connectivity index (χ4v) is 2.90. The van der Waals surface area contributed by atoms with E-state index < -0.39 is 5.60 Å². The zero-order valence-corrected chi connectivity index (χ0v) is 14.7. The van der Waals surface area contributed by atoms with E-state index in [1.807, 2.05) is 13.8 Å². The van der Waals surface area contributed by atoms with E-state index >= 15 is 0 Å². The first-order chi connectivity index (χ1) is 9.79. The maximum absolute atomic E-state index is 10.4. The summed E-state index contributed by atoms with van der Waals surface area (Å²) in [5.41, 5.74) is 3.84. The first kappa shape index (κ1) is 18.2. The Morgan fingerprint density at radius 3 is 1.86 bits per heavy atom. The number of rotatable bonds is 1. The lowest BCUT2D eigenvalue weighted by atomic mass is 9.83. The van der Waals surface area contributed by atoms with Gasteiger partial charge in [-0.3, -0.25) is 0 Å². The van der Waals surface area contributed by atoms with Gasteiger partial charge < -0.3 is 5.11 Å². The highest BCUT2D eigenvalue weighted by Crippen LogP contribution is 2.28. The Labute approximate surface area is 131 Å². The van der Waals surface area contributed by atoms with Crippen LogP contribution in [0.1, 0.15) is 79.6 Å². The zero-order valence-electron chi connectivity index (χ0n) is 14.7. The summed E-state index contributed by atoms with van der Waals surface area (Å²) in [5, 5.41) is 10.4. The lowest BCUT2D eigenvalue weighted by molar-refractivity contribution is 0.0145. The van der Waals surface area contributed by atoms with Crippen LogP contribution in [-0.2, 0) is 0 Å². The molecular formula is C20H34O. The Balaban J connectivity index is 2.83. The van der Waals surface area contributed by atoms with Gasteiger partial charge in [-0.25, -0.2) is 0 Å². The van der Waals surface area contributed by atoms with Crippen LogP contribution in [0.15, 0.2) is 34.9 Å². The second-order valence-corrected chi connectivity index (χ2v) is 7.35. The van der Waals surface area contributed by atoms with Crippen LogP contribution < -0.4 is 0 Å². The highest BCUT2D eigenvalue weighted by Gasteiger charge is 2.25. The standard InChI is InChI=1S/C20H34O/c1-16-8-6-10-17(2)12-14-19(20(4,5)21)15-13-18(3)11-7-9-16/h8,11-12,19,21H,6-7,9-10,13-15H2,1-5H3/b16-8-,17-12+,18-11-/t19-/m0/s1. The largest absolute Gasteiger partial charge is 0.390 e. The van der Waals surface area contributed by atoms with Crippen molar-refractivity contribution in [2.24, 2.45) is 5.92 Å². The topological polar surface area (TPSA) is 20.2 Å². The van der Waals surface area contributed by atoms with Crippen molar-refractivity contribution in [1.82, 2.24) is 0 Å². The molecule has 0 radical (unpaired) electrons. The molecule has 1 nitrogen and oxygen atoms in total. The third-order valence-corrected chi connectivity index (χ3v) is 4.70. The van der Waals surface area contributed by atoms with Crippen molar-refractivity contribution >= 4 is 0 Å². The molecule has 0 fully saturated rings. The highest BCUT2D eigenvalue weighted by atomic mass is 16.3. The van der Waals surface area contributed by atoms with Crippen LogP contribution in [0, 0.1) is 5.92 Å². The van der Waals surface area contributed by atoms with E-state index in [4.69, 9.17) is 0 Å². The van der Waals surface area contributed by atoms with Crippen LogP contribution in [0.25, 0.3) is 0 Å². The molecule has 0 aromatic heterocycles. The van der Waals surface area contributed by atoms with Crippen molar-refractivity contribution in [3.8, 4) is 0 Å². The Morgan fingerprint density at radius 2 is 1.33 bits per heavy atom. The van der Waals surface area contributed by atoms with Gasteiger partial charge in [-0.15, -0.1) is 0 Å². The third-order valence-electron chi connectivity index (χ3n) is 4.70. The van der Waals surface area contributed by atoms with E-state index in [0.29, 0.717) is 5.92 Å². The van der Waals surface area contributed by atoms with E-state index in [-0.39, 0.29) is 0 Å². The van der Waals surface area contributed by atoms with E-state index in [9.17, 15) is 5.11 Å². The van der Waals surface area contributed by atoms with Crippen molar-refractivity contribution < 1.29 is 5.11 Å². The number of hydrogen-bond donors (Lipinski definition) is 1. The van der Waals surface area contributed by atoms with Crippen molar-refractivity contribution in [2.45, 2.75) is 85.2 Å². The Hall–Kier alpha value is -0.820. The van der Waals surface area contributed by atoms with Gasteiger partial charge in [-0.1, -0.05) is 34.9 Å². The molecule has 0 aromatic rings. The molecule has 0 saturated carbocycles. The van der Waals surface area contributed by atoms with Crippen LogP contribution >= 0.6 is 0 Å². The first-order valence-electron chi connectivity index (χ1n) is 8.48. The molecule has 1 atom stereocenters. The average molecular weight is 290 g/mol. The van der Waals surface area contributed by atoms with Crippen LogP contribution in [0.5, 0.6) is 0 Å². The summed E-state index contributed by atoms with van der Waals surface area (Å²) in [4.78, 5) is 0. The molecule has 0 amide bonds. The molecule has 1 heteroatoms. The fourth-order valence-electron chi connectivity index (χ4n) is 2.90. The predicted octanol–water partition coefficient (Wildman–Crippen LogP) is 5.96. The number of aliphatic hydroxyl groups is 1. The van der Waals surface area contributed by atoms with E-state index in [2.05, 4.69) is 39.0 Å². The van der Waals surface area contributed by atoms with Crippen molar-refractivity contribution in [3.63, 3.8) is 0 Å². The predicted molar refractivity (Wildman–Crippen MR) is 93.4 cm³/mol. The van der Waals surface area contributed by atoms with Crippen LogP contribution in [0.2, 0.25) is 0 Å². The van der Waals surface area contributed by atoms with Gasteiger partial charge in [0, 0.05) is 0 Å². The van der Waals surface area contributed by atoms with Gasteiger partial charge >= 0.3 is 0 Å². The highest BCUT2D eigenvalue weighted by molar-refractivity contribution is 5.07. The molecule has 0 saturated heterocycles. The van der Waals surface area contributed by atoms with Crippen molar-refractivity contribution in [1.29, 1.82) is 0 Å². The minimum absolute atomic E-state index is 0.344. The minimum Gasteiger partial charge on any atom is -0.390 e. The number of allylic oxidation sites excluding steroid dienone is 6. The van der Waals surface area contributed by atoms with Crippen LogP contribution in [0.3, 0.4) is 0 Å². The van der Waals surface area contributed by atoms with Gasteiger partial charge in [-0.2, -0.15) is 0 Å². The molecule has 0 bridgehead atoms. The van der Waals surface area contributed by atoms with E-state index in [0.717, 1.165) is 38.5 Å². The summed E-state index contributed by atoms with van der Waals surface area (Å²) in [7, 11) is 0. The zero-order chi connectivity index (χ0) is 15.9. The fraction of sp³-hybridized carbons (Fsp3) is 0.700. The molecule has 0 unspecified atom stereocenters. The smallest absolute Gasteiger partial charge is 0.0622 e. The van der Waals surface area contributed by atoms with Crippen molar-refractivity contribution in [3.05, 3.63) is 34.9 Å². The Kier molecular flexibility index (Phi) is 7.45. The summed E-state index contributed by atoms with van der Waals surface area (Å²) in [6.45, 7) is 10.6. The van der Waals surface area contributed by atoms with Gasteiger partial charge in [0.25, 0.3) is 0 Å². The molecule has 0 aliphatic heterocycles. The Morgan fingerprint density at radius 1 is 0.857 bits per heavy atom. The average Bonchev–Trinajstić information content (AvgIpc) is 2.36. The lowest BCUT2D eigenvalue weighted by Gasteiger charge is -2.29. The third kappa shape index (κ3) is 7.66. The lowest BCUT2D eigenvalue weighted by Crippen LogP contribution is -2.30. The molecule has 1 aliphatic carbocycles. The van der Waals surface area contributed by atoms with Gasteiger partial charge in [0.1, 0.15) is 0 Å². The maximum Gasteiger partial charge on any atom is 0.0622 e. The van der Waals surface area contributed by atoms with Gasteiger partial charge in [0.15, 0.2) is 0 Å². The molecule has 120 valence electrons. The van der Waals surface area contributed by atoms with E-state index in [1.165, 1.54) is 23.1 Å². The summed E-state index contributed by atoms with van der Waals surface area (Å²) in [6.07, 6.45) is 14.9. The molecule has 0 aromatic carbocycles. The second kappa shape index (κ2) is 8.58. The molecule has 1 N–H and O–H groups in total. The Bertz CT molecular complexity index is 404. The summed E-state index contributed by atoms with van der Waals surface area (Å²) >= 11 is 0. The summed E-state index contributed by atoms with van der Waals surface area (Å²) in [6, 6.07) is 0. The van der Waals surface area contributed by atoms with Gasteiger partial charge in [0.05, 0.1) is 5.60 Å². The molecule has 1 aliphatic rings. The SMILES string of the molecule is C/C1=C/CC/C(C)=C/C[C@H](C(C)(C)O)CC/C(C)=C\CC1. The first-order valence-corrected chi connectivity index (χ1v) is 8.48. The summed E-state index contributed by atoms with van der Waals surface area (Å²) in [5.74, 6) is 0.344. The maximum atomic E-state index is 10.4. The molecule has 0 spiro atoms. The summed E-state index contributed by atoms with van der Waals surface area (Å²) < 4.78 is 0. The molecule has 1 rings (SSSR count). The minimum atomic E-state index is -0.593. The monoisotopic (exact) mass is 290 g/mol. The second-order valence-electron chi connectivity index (χ2n) is 7.35. The van der Waals surface area contributed by atoms with Gasteiger partial charge in [-0.05, 0) is 85.5 Å².